The highest BCUT2D eigenvalue weighted by Crippen LogP contribution is 2.38. The van der Waals surface area contributed by atoms with Crippen LogP contribution >= 0.6 is 0 Å². The Balaban J connectivity index is 1.07. The van der Waals surface area contributed by atoms with Gasteiger partial charge in [-0.3, -0.25) is 14.5 Å². The maximum Gasteiger partial charge on any atom is 0.278 e. The zero-order valence-corrected chi connectivity index (χ0v) is 28.3. The van der Waals surface area contributed by atoms with Crippen LogP contribution < -0.4 is 20.7 Å². The number of benzene rings is 1. The Labute approximate surface area is 288 Å². The second kappa shape index (κ2) is 12.9. The Morgan fingerprint density at radius 3 is 2.58 bits per heavy atom. The number of piperazine rings is 1. The molecule has 4 aromatic rings. The van der Waals surface area contributed by atoms with Gasteiger partial charge in [0.15, 0.2) is 5.82 Å². The van der Waals surface area contributed by atoms with Crippen LogP contribution in [-0.4, -0.2) is 81.5 Å². The minimum absolute atomic E-state index is 0.00884. The fraction of sp³-hybridized carbons (Fsp3) is 0.432. The molecule has 2 N–H and O–H groups in total. The molecule has 0 radical (unpaired) electrons. The first kappa shape index (κ1) is 32.6. The number of halogens is 2. The molecule has 0 spiro atoms. The number of aromatic nitrogens is 3. The summed E-state index contributed by atoms with van der Waals surface area (Å²) in [6.45, 7) is 6.65. The van der Waals surface area contributed by atoms with Gasteiger partial charge in [0.25, 0.3) is 11.5 Å². The third-order valence-electron chi connectivity index (χ3n) is 10.8. The van der Waals surface area contributed by atoms with Gasteiger partial charge in [-0.15, -0.1) is 0 Å². The number of carbonyl (C=O) groups is 1. The molecule has 11 nitrogen and oxygen atoms in total. The van der Waals surface area contributed by atoms with E-state index in [1.54, 1.807) is 30.1 Å². The van der Waals surface area contributed by atoms with Crippen LogP contribution in [0.2, 0.25) is 0 Å². The number of anilines is 4. The number of ether oxygens (including phenoxy) is 1. The first-order chi connectivity index (χ1) is 24.2. The smallest absolute Gasteiger partial charge is 0.278 e. The average molecular weight is 686 g/mol. The van der Waals surface area contributed by atoms with Gasteiger partial charge >= 0.3 is 0 Å². The first-order valence-corrected chi connectivity index (χ1v) is 17.4. The number of aliphatic hydroxyl groups excluding tert-OH is 1. The molecule has 2 saturated heterocycles. The third-order valence-corrected chi connectivity index (χ3v) is 10.8. The average Bonchev–Trinajstić information content (AvgIpc) is 3.38. The van der Waals surface area contributed by atoms with E-state index in [0.717, 1.165) is 63.5 Å². The molecular weight excluding hydrogens is 644 g/mol. The SMILES string of the molecule is CC1CN(C2COC2)CCN1c1ccc(Nc2cc(-c3cc(F)cc(N4CCn5c6c(c(F)c5C4=O)CCCC6)c3CO)cn(C)c2=O)nc1. The highest BCUT2D eigenvalue weighted by atomic mass is 19.1. The number of pyridine rings is 2. The molecule has 2 fully saturated rings. The van der Waals surface area contributed by atoms with Gasteiger partial charge in [0, 0.05) is 74.4 Å². The van der Waals surface area contributed by atoms with Crippen molar-refractivity contribution in [1.29, 1.82) is 0 Å². The summed E-state index contributed by atoms with van der Waals surface area (Å²) in [5.41, 5.74) is 3.60. The Morgan fingerprint density at radius 2 is 1.86 bits per heavy atom. The van der Waals surface area contributed by atoms with E-state index >= 15 is 8.78 Å². The molecule has 1 amide bonds. The summed E-state index contributed by atoms with van der Waals surface area (Å²) in [6.07, 6.45) is 6.50. The molecule has 1 aliphatic carbocycles. The van der Waals surface area contributed by atoms with E-state index in [2.05, 4.69) is 27.0 Å². The number of aliphatic hydroxyl groups is 1. The van der Waals surface area contributed by atoms with Gasteiger partial charge in [0.05, 0.1) is 43.4 Å². The predicted octanol–water partition coefficient (Wildman–Crippen LogP) is 4.21. The fourth-order valence-corrected chi connectivity index (χ4v) is 8.07. The number of hydrogen-bond donors (Lipinski definition) is 2. The Bertz CT molecular complexity index is 2020. The van der Waals surface area contributed by atoms with E-state index in [1.807, 2.05) is 12.1 Å². The number of carbonyl (C=O) groups excluding carboxylic acids is 1. The normalized spacial score (nSPS) is 19.7. The van der Waals surface area contributed by atoms with Crippen LogP contribution in [0.15, 0.2) is 47.5 Å². The Kier molecular flexibility index (Phi) is 8.44. The fourth-order valence-electron chi connectivity index (χ4n) is 8.07. The number of hydrogen-bond acceptors (Lipinski definition) is 8. The summed E-state index contributed by atoms with van der Waals surface area (Å²) in [4.78, 5) is 37.9. The molecule has 262 valence electrons. The summed E-state index contributed by atoms with van der Waals surface area (Å²) in [5.74, 6) is -1.22. The van der Waals surface area contributed by atoms with Gasteiger partial charge in [-0.25, -0.2) is 13.8 Å². The summed E-state index contributed by atoms with van der Waals surface area (Å²) < 4.78 is 39.5. The molecule has 4 aliphatic rings. The lowest BCUT2D eigenvalue weighted by Crippen LogP contribution is -2.59. The largest absolute Gasteiger partial charge is 0.392 e. The van der Waals surface area contributed by atoms with Crippen LogP contribution in [0.3, 0.4) is 0 Å². The van der Waals surface area contributed by atoms with Gasteiger partial charge in [0.1, 0.15) is 23.0 Å². The highest BCUT2D eigenvalue weighted by Gasteiger charge is 2.36. The van der Waals surface area contributed by atoms with E-state index in [1.165, 1.54) is 21.6 Å². The number of rotatable bonds is 7. The lowest BCUT2D eigenvalue weighted by atomic mass is 9.97. The van der Waals surface area contributed by atoms with Crippen LogP contribution in [0.5, 0.6) is 0 Å². The molecule has 50 heavy (non-hydrogen) atoms. The minimum Gasteiger partial charge on any atom is -0.392 e. The van der Waals surface area contributed by atoms with Gasteiger partial charge < -0.3 is 34.1 Å². The van der Waals surface area contributed by atoms with Crippen molar-refractivity contribution in [1.82, 2.24) is 19.0 Å². The molecule has 3 aliphatic heterocycles. The van der Waals surface area contributed by atoms with Crippen LogP contribution in [0, 0.1) is 11.6 Å². The summed E-state index contributed by atoms with van der Waals surface area (Å²) in [5, 5.41) is 13.8. The molecule has 1 atom stereocenters. The van der Waals surface area contributed by atoms with E-state index in [4.69, 9.17) is 4.74 Å². The van der Waals surface area contributed by atoms with Gasteiger partial charge in [-0.1, -0.05) is 0 Å². The number of aryl methyl sites for hydroxylation is 1. The van der Waals surface area contributed by atoms with Crippen molar-refractivity contribution in [2.45, 2.75) is 57.8 Å². The molecule has 1 unspecified atom stereocenters. The maximum atomic E-state index is 15.6. The summed E-state index contributed by atoms with van der Waals surface area (Å²) in [7, 11) is 1.59. The Morgan fingerprint density at radius 1 is 1.04 bits per heavy atom. The molecule has 1 aromatic carbocycles. The van der Waals surface area contributed by atoms with E-state index in [9.17, 15) is 14.7 Å². The lowest BCUT2D eigenvalue weighted by molar-refractivity contribution is -0.0691. The lowest BCUT2D eigenvalue weighted by Gasteiger charge is -2.46. The molecule has 3 aromatic heterocycles. The second-order valence-electron chi connectivity index (χ2n) is 13.8. The molecular formula is C37H41F2N7O4. The van der Waals surface area contributed by atoms with Gasteiger partial charge in [0.2, 0.25) is 0 Å². The predicted molar refractivity (Wildman–Crippen MR) is 186 cm³/mol. The minimum atomic E-state index is -0.627. The monoisotopic (exact) mass is 685 g/mol. The summed E-state index contributed by atoms with van der Waals surface area (Å²) >= 11 is 0. The number of fused-ring (bicyclic) bond motifs is 3. The van der Waals surface area contributed by atoms with Gasteiger partial charge in [-0.05, 0) is 68.5 Å². The zero-order valence-electron chi connectivity index (χ0n) is 28.3. The van der Waals surface area contributed by atoms with Crippen molar-refractivity contribution in [3.05, 3.63) is 87.2 Å². The van der Waals surface area contributed by atoms with Gasteiger partial charge in [-0.2, -0.15) is 0 Å². The first-order valence-electron chi connectivity index (χ1n) is 17.4. The van der Waals surface area contributed by atoms with Crippen molar-refractivity contribution < 1.29 is 23.4 Å². The molecule has 0 saturated carbocycles. The number of nitrogens with zero attached hydrogens (tertiary/aromatic N) is 6. The molecule has 0 bridgehead atoms. The van der Waals surface area contributed by atoms with E-state index in [-0.39, 0.29) is 29.2 Å². The molecule has 8 rings (SSSR count). The highest BCUT2D eigenvalue weighted by molar-refractivity contribution is 6.07. The molecule has 13 heteroatoms. The van der Waals surface area contributed by atoms with E-state index in [0.29, 0.717) is 53.1 Å². The summed E-state index contributed by atoms with van der Waals surface area (Å²) in [6, 6.07) is 8.70. The second-order valence-corrected chi connectivity index (χ2v) is 13.8. The van der Waals surface area contributed by atoms with Crippen molar-refractivity contribution in [2.75, 3.05) is 54.5 Å². The van der Waals surface area contributed by atoms with Crippen LogP contribution in [-0.2, 0) is 37.8 Å². The van der Waals surface area contributed by atoms with E-state index < -0.39 is 24.1 Å². The van der Waals surface area contributed by atoms with Crippen molar-refractivity contribution in [3.8, 4) is 11.1 Å². The maximum absolute atomic E-state index is 15.6. The van der Waals surface area contributed by atoms with Crippen LogP contribution in [0.4, 0.5) is 31.7 Å². The number of amides is 1. The van der Waals surface area contributed by atoms with Crippen molar-refractivity contribution in [2.24, 2.45) is 7.05 Å². The quantitative estimate of drug-likeness (QED) is 0.298. The molecule has 6 heterocycles. The third kappa shape index (κ3) is 5.57. The Hall–Kier alpha value is -4.59. The van der Waals surface area contributed by atoms with Crippen LogP contribution in [0.1, 0.15) is 47.1 Å². The standard InChI is InChI=1S/C37H41F2N7O4/c1-22-17-43(26-20-50-21-26)9-10-44(22)25-7-8-33(40-16-25)41-30-13-23(18-42(2)36(30)48)28-14-24(38)15-32(29(28)19-47)46-12-11-45-31-6-4-3-5-27(31)34(39)35(45)37(46)49/h7-8,13-16,18,22,26,47H,3-6,9-12,17,19-21H2,1-2H3,(H,40,41). The zero-order chi connectivity index (χ0) is 34.7. The number of nitrogens with one attached hydrogen (secondary N) is 1. The van der Waals surface area contributed by atoms with Crippen molar-refractivity contribution >= 4 is 28.8 Å². The van der Waals surface area contributed by atoms with Crippen LogP contribution in [0.25, 0.3) is 11.1 Å². The van der Waals surface area contributed by atoms with Crippen molar-refractivity contribution in [3.63, 3.8) is 0 Å². The topological polar surface area (TPSA) is 108 Å².